The molecule has 6 nitrogen and oxygen atoms in total. The van der Waals surface area contributed by atoms with Crippen molar-refractivity contribution in [1.82, 2.24) is 9.62 Å². The molecule has 1 aromatic carbocycles. The minimum Gasteiger partial charge on any atom is -0.325 e. The normalized spacial score (nSPS) is 20.2. The predicted octanol–water partition coefficient (Wildman–Crippen LogP) is 2.58. The van der Waals surface area contributed by atoms with Crippen LogP contribution in [0.2, 0.25) is 0 Å². The third kappa shape index (κ3) is 5.80. The van der Waals surface area contributed by atoms with Crippen molar-refractivity contribution in [3.8, 4) is 0 Å². The van der Waals surface area contributed by atoms with Crippen molar-refractivity contribution < 1.29 is 13.2 Å². The van der Waals surface area contributed by atoms with Gasteiger partial charge in [-0.3, -0.25) is 9.69 Å². The van der Waals surface area contributed by atoms with Crippen LogP contribution in [0.1, 0.15) is 46.5 Å². The summed E-state index contributed by atoms with van der Waals surface area (Å²) in [6, 6.07) is 6.61. The van der Waals surface area contributed by atoms with E-state index in [2.05, 4.69) is 21.9 Å². The molecule has 1 aliphatic rings. The molecule has 0 saturated carbocycles. The average Bonchev–Trinajstić information content (AvgIpc) is 2.57. The first-order chi connectivity index (χ1) is 11.8. The number of hydrogen-bond donors (Lipinski definition) is 2. The Morgan fingerprint density at radius 3 is 2.56 bits per heavy atom. The Labute approximate surface area is 151 Å². The van der Waals surface area contributed by atoms with Crippen molar-refractivity contribution in [3.63, 3.8) is 0 Å². The summed E-state index contributed by atoms with van der Waals surface area (Å²) in [5.41, 5.74) is 0.608. The highest BCUT2D eigenvalue weighted by molar-refractivity contribution is 7.89. The molecule has 25 heavy (non-hydrogen) atoms. The van der Waals surface area contributed by atoms with Crippen molar-refractivity contribution >= 4 is 21.6 Å². The summed E-state index contributed by atoms with van der Waals surface area (Å²) in [6.45, 7) is 7.23. The highest BCUT2D eigenvalue weighted by Gasteiger charge is 2.21. The first kappa shape index (κ1) is 19.9. The van der Waals surface area contributed by atoms with Gasteiger partial charge >= 0.3 is 0 Å². The number of benzene rings is 1. The van der Waals surface area contributed by atoms with Crippen molar-refractivity contribution in [1.29, 1.82) is 0 Å². The smallest absolute Gasteiger partial charge is 0.240 e. The Hall–Kier alpha value is -1.44. The zero-order valence-electron chi connectivity index (χ0n) is 15.3. The number of hydrogen-bond acceptors (Lipinski definition) is 4. The van der Waals surface area contributed by atoms with Crippen LogP contribution < -0.4 is 10.0 Å². The Morgan fingerprint density at radius 1 is 1.28 bits per heavy atom. The first-order valence-electron chi connectivity index (χ1n) is 8.98. The van der Waals surface area contributed by atoms with E-state index in [1.165, 1.54) is 18.6 Å². The lowest BCUT2D eigenvalue weighted by Gasteiger charge is -2.32. The first-order valence-corrected chi connectivity index (χ1v) is 10.5. The topological polar surface area (TPSA) is 78.5 Å². The van der Waals surface area contributed by atoms with Crippen LogP contribution in [0, 0.1) is 0 Å². The molecule has 1 saturated heterocycles. The molecular formula is C18H29N3O3S. The van der Waals surface area contributed by atoms with Gasteiger partial charge in [0.15, 0.2) is 0 Å². The maximum Gasteiger partial charge on any atom is 0.240 e. The maximum absolute atomic E-state index is 12.2. The number of carbonyl (C=O) groups is 1. The number of carbonyl (C=O) groups excluding carboxylic acids is 1. The Balaban J connectivity index is 1.94. The second-order valence-corrected chi connectivity index (χ2v) is 8.53. The molecule has 0 aromatic heterocycles. The van der Waals surface area contributed by atoms with Gasteiger partial charge in [-0.15, -0.1) is 0 Å². The quantitative estimate of drug-likeness (QED) is 0.776. The number of anilines is 1. The molecule has 0 spiro atoms. The zero-order chi connectivity index (χ0) is 18.4. The van der Waals surface area contributed by atoms with Gasteiger partial charge in [-0.25, -0.2) is 13.1 Å². The fourth-order valence-electron chi connectivity index (χ4n) is 2.91. The third-order valence-corrected chi connectivity index (χ3v) is 6.31. The minimum absolute atomic E-state index is 0.0675. The maximum atomic E-state index is 12.2. The molecule has 2 atom stereocenters. The van der Waals surface area contributed by atoms with Crippen LogP contribution in [0.3, 0.4) is 0 Å². The second kappa shape index (κ2) is 8.78. The SMILES string of the molecule is CC[C@@H](C)NS(=O)(=O)c1ccc(NC(=O)CN2CCCC[C@@H]2C)cc1. The van der Waals surface area contributed by atoms with Gasteiger partial charge in [0.05, 0.1) is 11.4 Å². The summed E-state index contributed by atoms with van der Waals surface area (Å²) in [4.78, 5) is 14.6. The van der Waals surface area contributed by atoms with Crippen molar-refractivity contribution in [2.75, 3.05) is 18.4 Å². The molecule has 2 rings (SSSR count). The molecule has 1 heterocycles. The van der Waals surface area contributed by atoms with Gasteiger partial charge in [0.1, 0.15) is 0 Å². The molecule has 0 radical (unpaired) electrons. The molecule has 0 bridgehead atoms. The van der Waals surface area contributed by atoms with E-state index in [-0.39, 0.29) is 16.8 Å². The van der Waals surface area contributed by atoms with Gasteiger partial charge in [0, 0.05) is 17.8 Å². The van der Waals surface area contributed by atoms with Gasteiger partial charge in [-0.2, -0.15) is 0 Å². The van der Waals surface area contributed by atoms with Crippen LogP contribution in [-0.2, 0) is 14.8 Å². The van der Waals surface area contributed by atoms with Crippen LogP contribution in [-0.4, -0.2) is 44.4 Å². The minimum atomic E-state index is -3.52. The molecule has 1 amide bonds. The van der Waals surface area contributed by atoms with Gasteiger partial charge in [0.2, 0.25) is 15.9 Å². The molecule has 1 aromatic rings. The van der Waals surface area contributed by atoms with Crippen molar-refractivity contribution in [3.05, 3.63) is 24.3 Å². The third-order valence-electron chi connectivity index (χ3n) is 4.70. The lowest BCUT2D eigenvalue weighted by Crippen LogP contribution is -2.42. The highest BCUT2D eigenvalue weighted by atomic mass is 32.2. The number of nitrogens with zero attached hydrogens (tertiary/aromatic N) is 1. The summed E-state index contributed by atoms with van der Waals surface area (Å²) in [6.07, 6.45) is 4.21. The number of nitrogens with one attached hydrogen (secondary N) is 2. The zero-order valence-corrected chi connectivity index (χ0v) is 16.1. The van der Waals surface area contributed by atoms with Crippen LogP contribution >= 0.6 is 0 Å². The van der Waals surface area contributed by atoms with Crippen LogP contribution in [0.5, 0.6) is 0 Å². The summed E-state index contributed by atoms with van der Waals surface area (Å²) in [5, 5.41) is 2.84. The van der Waals surface area contributed by atoms with Crippen molar-refractivity contribution in [2.24, 2.45) is 0 Å². The average molecular weight is 368 g/mol. The molecule has 0 unspecified atom stereocenters. The molecule has 1 aliphatic heterocycles. The fraction of sp³-hybridized carbons (Fsp3) is 0.611. The van der Waals surface area contributed by atoms with Crippen LogP contribution in [0.25, 0.3) is 0 Å². The Morgan fingerprint density at radius 2 is 1.96 bits per heavy atom. The number of amides is 1. The van der Waals surface area contributed by atoms with E-state index in [1.807, 2.05) is 13.8 Å². The molecule has 7 heteroatoms. The van der Waals surface area contributed by atoms with E-state index in [9.17, 15) is 13.2 Å². The summed E-state index contributed by atoms with van der Waals surface area (Å²) >= 11 is 0. The van der Waals surface area contributed by atoms with Crippen molar-refractivity contribution in [2.45, 2.75) is 63.4 Å². The molecule has 1 fully saturated rings. The molecular weight excluding hydrogens is 338 g/mol. The monoisotopic (exact) mass is 367 g/mol. The number of likely N-dealkylation sites (tertiary alicyclic amines) is 1. The van der Waals surface area contributed by atoms with E-state index in [0.717, 1.165) is 25.8 Å². The van der Waals surface area contributed by atoms with E-state index in [4.69, 9.17) is 0 Å². The number of rotatable bonds is 7. The lowest BCUT2D eigenvalue weighted by atomic mass is 10.0. The van der Waals surface area contributed by atoms with Gasteiger partial charge in [0.25, 0.3) is 0 Å². The highest BCUT2D eigenvalue weighted by Crippen LogP contribution is 2.17. The molecule has 0 aliphatic carbocycles. The summed E-state index contributed by atoms with van der Waals surface area (Å²) in [7, 11) is -3.52. The fourth-order valence-corrected chi connectivity index (χ4v) is 4.24. The van der Waals surface area contributed by atoms with Gasteiger partial charge < -0.3 is 5.32 Å². The van der Waals surface area contributed by atoms with Crippen LogP contribution in [0.4, 0.5) is 5.69 Å². The number of sulfonamides is 1. The van der Waals surface area contributed by atoms with E-state index in [1.54, 1.807) is 12.1 Å². The Kier molecular flexibility index (Phi) is 6.98. The Bertz CT molecular complexity index is 673. The lowest BCUT2D eigenvalue weighted by molar-refractivity contribution is -0.118. The standard InChI is InChI=1S/C18H29N3O3S/c1-4-14(2)20-25(23,24)17-10-8-16(9-11-17)19-18(22)13-21-12-6-5-7-15(21)3/h8-11,14-15,20H,4-7,12-13H2,1-3H3,(H,19,22)/t14-,15+/m1/s1. The predicted molar refractivity (Wildman–Crippen MR) is 100 cm³/mol. The summed E-state index contributed by atoms with van der Waals surface area (Å²) in [5.74, 6) is -0.0675. The van der Waals surface area contributed by atoms with E-state index in [0.29, 0.717) is 18.3 Å². The largest absolute Gasteiger partial charge is 0.325 e. The molecule has 2 N–H and O–H groups in total. The second-order valence-electron chi connectivity index (χ2n) is 6.82. The summed E-state index contributed by atoms with van der Waals surface area (Å²) < 4.78 is 27.1. The van der Waals surface area contributed by atoms with Crippen LogP contribution in [0.15, 0.2) is 29.2 Å². The molecule has 140 valence electrons. The number of piperidine rings is 1. The van der Waals surface area contributed by atoms with E-state index >= 15 is 0 Å². The van der Waals surface area contributed by atoms with Gasteiger partial charge in [-0.1, -0.05) is 13.3 Å². The van der Waals surface area contributed by atoms with Gasteiger partial charge in [-0.05, 0) is 63.9 Å². The van der Waals surface area contributed by atoms with E-state index < -0.39 is 10.0 Å².